The second-order valence-corrected chi connectivity index (χ2v) is 12.0. The molecule has 180 valence electrons. The Balaban J connectivity index is 1.53. The van der Waals surface area contributed by atoms with E-state index in [0.717, 1.165) is 45.4 Å². The molecule has 7 rings (SSSR count). The summed E-state index contributed by atoms with van der Waals surface area (Å²) in [6.07, 6.45) is 4.67. The zero-order valence-electron chi connectivity index (χ0n) is 19.9. The second-order valence-electron chi connectivity index (χ2n) is 12.0. The molecule has 2 saturated heterocycles. The first-order valence-electron chi connectivity index (χ1n) is 12.7. The molecular formula is C25H39NO6. The molecule has 0 aromatic rings. The number of likely N-dealkylation sites (N-methyl/N-ethyl adjacent to an activating group) is 1. The molecule has 12 atom stereocenters. The maximum Gasteiger partial charge on any atom is 0.148 e. The van der Waals surface area contributed by atoms with Crippen molar-refractivity contribution in [3.05, 3.63) is 0 Å². The Morgan fingerprint density at radius 1 is 1.09 bits per heavy atom. The molecule has 7 nitrogen and oxygen atoms in total. The predicted octanol–water partition coefficient (Wildman–Crippen LogP) is 1.67. The fourth-order valence-electron chi connectivity index (χ4n) is 11.4. The van der Waals surface area contributed by atoms with Crippen molar-refractivity contribution in [2.45, 2.75) is 74.6 Å². The Labute approximate surface area is 191 Å². The Hall–Kier alpha value is -0.280. The van der Waals surface area contributed by atoms with Gasteiger partial charge in [-0.15, -0.1) is 0 Å². The van der Waals surface area contributed by atoms with Crippen molar-refractivity contribution >= 4 is 0 Å². The lowest BCUT2D eigenvalue weighted by molar-refractivity contribution is -0.286. The smallest absolute Gasteiger partial charge is 0.148 e. The number of nitrogens with zero attached hydrogens (tertiary/aromatic N) is 1. The van der Waals surface area contributed by atoms with Gasteiger partial charge in [0.15, 0.2) is 0 Å². The monoisotopic (exact) mass is 449 g/mol. The molecule has 2 aliphatic heterocycles. The highest BCUT2D eigenvalue weighted by Gasteiger charge is 2.90. The number of hydrogen-bond donors (Lipinski definition) is 1. The third kappa shape index (κ3) is 1.90. The van der Waals surface area contributed by atoms with Gasteiger partial charge in [0, 0.05) is 57.0 Å². The minimum absolute atomic E-state index is 0.0166. The Morgan fingerprint density at radius 2 is 1.91 bits per heavy atom. The number of ether oxygens (including phenoxy) is 5. The predicted molar refractivity (Wildman–Crippen MR) is 115 cm³/mol. The molecule has 7 bridgehead atoms. The molecule has 7 aliphatic rings. The number of rotatable bonds is 5. The first kappa shape index (κ1) is 21.0. The van der Waals surface area contributed by atoms with Gasteiger partial charge in [-0.05, 0) is 44.1 Å². The summed E-state index contributed by atoms with van der Waals surface area (Å²) in [6.45, 7) is 5.45. The van der Waals surface area contributed by atoms with E-state index in [1.54, 1.807) is 0 Å². The van der Waals surface area contributed by atoms with Gasteiger partial charge in [-0.1, -0.05) is 6.92 Å². The lowest BCUT2D eigenvalue weighted by Gasteiger charge is -2.70. The maximum absolute atomic E-state index is 11.4. The summed E-state index contributed by atoms with van der Waals surface area (Å²) in [4.78, 5) is 2.71. The van der Waals surface area contributed by atoms with Crippen LogP contribution in [0.2, 0.25) is 0 Å². The number of aliphatic hydroxyl groups excluding tert-OH is 1. The minimum Gasteiger partial charge on any atom is -0.393 e. The molecule has 0 amide bonds. The summed E-state index contributed by atoms with van der Waals surface area (Å²) >= 11 is 0. The van der Waals surface area contributed by atoms with E-state index in [1.165, 1.54) is 0 Å². The standard InChI is InChI=1S/C25H39NO6/c1-5-26-11-22(12-28-2)7-6-18(29-3)25-15-8-14-16(27)9-23(19(15)20(14)30-4)24(21(25)26,10-17(22)25)32-13-31-23/h14-21,27H,5-13H2,1-4H3/t14-,15-,16+,17-,18+,19-,20+,21?,22+,23-,24-,25-/m1/s1. The normalized spacial score (nSPS) is 61.8. The van der Waals surface area contributed by atoms with E-state index in [4.69, 9.17) is 23.7 Å². The van der Waals surface area contributed by atoms with E-state index in [9.17, 15) is 5.11 Å². The fraction of sp³-hybridized carbons (Fsp3) is 1.00. The van der Waals surface area contributed by atoms with Crippen LogP contribution < -0.4 is 0 Å². The molecule has 0 aromatic heterocycles. The van der Waals surface area contributed by atoms with E-state index in [0.29, 0.717) is 25.0 Å². The lowest BCUT2D eigenvalue weighted by Crippen LogP contribution is -2.80. The largest absolute Gasteiger partial charge is 0.393 e. The fourth-order valence-corrected chi connectivity index (χ4v) is 11.4. The van der Waals surface area contributed by atoms with Gasteiger partial charge in [0.1, 0.15) is 18.0 Å². The van der Waals surface area contributed by atoms with E-state index < -0.39 is 17.3 Å². The molecular weight excluding hydrogens is 410 g/mol. The van der Waals surface area contributed by atoms with Crippen LogP contribution in [0.25, 0.3) is 0 Å². The molecule has 2 heterocycles. The summed E-state index contributed by atoms with van der Waals surface area (Å²) in [5.41, 5.74) is -0.798. The summed E-state index contributed by atoms with van der Waals surface area (Å²) in [5.74, 6) is 1.29. The van der Waals surface area contributed by atoms with Crippen LogP contribution in [-0.4, -0.2) is 93.4 Å². The van der Waals surface area contributed by atoms with Crippen LogP contribution >= 0.6 is 0 Å². The first-order chi connectivity index (χ1) is 15.5. The van der Waals surface area contributed by atoms with Gasteiger partial charge in [0.25, 0.3) is 0 Å². The van der Waals surface area contributed by atoms with Crippen LogP contribution in [0.4, 0.5) is 0 Å². The number of piperidine rings is 1. The van der Waals surface area contributed by atoms with Crippen molar-refractivity contribution in [1.82, 2.24) is 4.90 Å². The highest BCUT2D eigenvalue weighted by atomic mass is 16.7. The van der Waals surface area contributed by atoms with Crippen molar-refractivity contribution in [3.63, 3.8) is 0 Å². The van der Waals surface area contributed by atoms with Crippen LogP contribution in [0.15, 0.2) is 0 Å². The Kier molecular flexibility index (Phi) is 4.26. The number of aliphatic hydroxyl groups is 1. The Morgan fingerprint density at radius 3 is 2.62 bits per heavy atom. The van der Waals surface area contributed by atoms with Crippen LogP contribution in [0.3, 0.4) is 0 Å². The van der Waals surface area contributed by atoms with Crippen molar-refractivity contribution in [1.29, 1.82) is 0 Å². The molecule has 0 aromatic carbocycles. The summed E-state index contributed by atoms with van der Waals surface area (Å²) < 4.78 is 32.1. The zero-order valence-corrected chi connectivity index (χ0v) is 19.9. The van der Waals surface area contributed by atoms with Crippen molar-refractivity contribution < 1.29 is 28.8 Å². The molecule has 1 unspecified atom stereocenters. The lowest BCUT2D eigenvalue weighted by atomic mass is 9.42. The van der Waals surface area contributed by atoms with E-state index in [1.807, 2.05) is 21.3 Å². The van der Waals surface area contributed by atoms with Crippen LogP contribution in [0.5, 0.6) is 0 Å². The number of fused-ring (bicyclic) bond motifs is 1. The number of likely N-dealkylation sites (tertiary alicyclic amines) is 1. The van der Waals surface area contributed by atoms with Crippen molar-refractivity contribution in [3.8, 4) is 0 Å². The van der Waals surface area contributed by atoms with Crippen LogP contribution in [0, 0.1) is 34.5 Å². The van der Waals surface area contributed by atoms with Crippen LogP contribution in [0.1, 0.15) is 39.0 Å². The molecule has 5 aliphatic carbocycles. The molecule has 5 saturated carbocycles. The van der Waals surface area contributed by atoms with Crippen molar-refractivity contribution in [2.24, 2.45) is 34.5 Å². The number of methoxy groups -OCH3 is 3. The molecule has 1 N–H and O–H groups in total. The number of hydrogen-bond acceptors (Lipinski definition) is 7. The highest BCUT2D eigenvalue weighted by molar-refractivity contribution is 5.40. The van der Waals surface area contributed by atoms with Gasteiger partial charge in [0.05, 0.1) is 31.0 Å². The van der Waals surface area contributed by atoms with Gasteiger partial charge < -0.3 is 28.8 Å². The van der Waals surface area contributed by atoms with E-state index in [2.05, 4.69) is 11.8 Å². The quantitative estimate of drug-likeness (QED) is 0.685. The SMILES string of the molecule is CCN1C[C@]2(COC)CC[C@H](OC)[C@]34C1[C@@]1(C[C@H]23)OCO[C@@]12C[C@H](O)[C@H]1C[C@@H]4[C@@H]2[C@H]1OC. The third-order valence-electron chi connectivity index (χ3n) is 11.8. The summed E-state index contributed by atoms with van der Waals surface area (Å²) in [5, 5.41) is 11.4. The van der Waals surface area contributed by atoms with Gasteiger partial charge >= 0.3 is 0 Å². The van der Waals surface area contributed by atoms with Crippen molar-refractivity contribution in [2.75, 3.05) is 47.8 Å². The molecule has 3 spiro atoms. The second kappa shape index (κ2) is 6.48. The van der Waals surface area contributed by atoms with Gasteiger partial charge in [0.2, 0.25) is 0 Å². The first-order valence-corrected chi connectivity index (χ1v) is 12.7. The molecule has 32 heavy (non-hydrogen) atoms. The maximum atomic E-state index is 11.4. The molecule has 7 heteroatoms. The Bertz CT molecular complexity index is 811. The average Bonchev–Trinajstić information content (AvgIpc) is 3.37. The molecule has 0 radical (unpaired) electrons. The topological polar surface area (TPSA) is 69.6 Å². The van der Waals surface area contributed by atoms with E-state index >= 15 is 0 Å². The minimum atomic E-state index is -0.479. The zero-order chi connectivity index (χ0) is 22.1. The molecule has 7 fully saturated rings. The van der Waals surface area contributed by atoms with Crippen LogP contribution in [-0.2, 0) is 23.7 Å². The van der Waals surface area contributed by atoms with Gasteiger partial charge in [-0.25, -0.2) is 0 Å². The summed E-state index contributed by atoms with van der Waals surface area (Å²) in [7, 11) is 5.60. The average molecular weight is 450 g/mol. The third-order valence-corrected chi connectivity index (χ3v) is 11.8. The highest BCUT2D eigenvalue weighted by Crippen LogP contribution is 2.82. The van der Waals surface area contributed by atoms with Gasteiger partial charge in [-0.2, -0.15) is 0 Å². The summed E-state index contributed by atoms with van der Waals surface area (Å²) in [6, 6.07) is 0.255. The van der Waals surface area contributed by atoms with E-state index in [-0.39, 0.29) is 40.9 Å². The van der Waals surface area contributed by atoms with Gasteiger partial charge in [-0.3, -0.25) is 4.90 Å².